The van der Waals surface area contributed by atoms with Crippen molar-refractivity contribution in [1.82, 2.24) is 5.32 Å². The first kappa shape index (κ1) is 12.3. The molecule has 5 nitrogen and oxygen atoms in total. The number of alkyl carbamates (subject to hydrolysis) is 1. The first-order valence-corrected chi connectivity index (χ1v) is 4.93. The Morgan fingerprint density at radius 2 is 2.12 bits per heavy atom. The van der Waals surface area contributed by atoms with E-state index >= 15 is 0 Å². The van der Waals surface area contributed by atoms with Crippen LogP contribution in [0, 0.1) is 0 Å². The van der Waals surface area contributed by atoms with E-state index < -0.39 is 12.3 Å². The van der Waals surface area contributed by atoms with Crippen LogP contribution in [0.4, 0.5) is 4.79 Å². The van der Waals surface area contributed by atoms with Crippen LogP contribution in [-0.4, -0.2) is 31.1 Å². The molecule has 16 heavy (non-hydrogen) atoms. The number of benzene rings is 1. The fourth-order valence-electron chi connectivity index (χ4n) is 1.07. The fraction of sp³-hybridized carbons (Fsp3) is 0.364. The van der Waals surface area contributed by atoms with Crippen molar-refractivity contribution in [3.05, 3.63) is 30.3 Å². The van der Waals surface area contributed by atoms with E-state index in [1.165, 1.54) is 7.11 Å². The Morgan fingerprint density at radius 3 is 2.75 bits per heavy atom. The number of carbonyl (C=O) groups is 1. The van der Waals surface area contributed by atoms with Crippen molar-refractivity contribution in [2.75, 3.05) is 13.7 Å². The van der Waals surface area contributed by atoms with Gasteiger partial charge < -0.3 is 14.6 Å². The molecule has 0 aliphatic rings. The SMILES string of the molecule is COC(=O)NC(O)CCOc1ccccc1. The van der Waals surface area contributed by atoms with Crippen molar-refractivity contribution in [2.24, 2.45) is 0 Å². The zero-order valence-corrected chi connectivity index (χ0v) is 9.05. The van der Waals surface area contributed by atoms with Crippen molar-refractivity contribution >= 4 is 6.09 Å². The summed E-state index contributed by atoms with van der Waals surface area (Å²) in [4.78, 5) is 10.7. The van der Waals surface area contributed by atoms with Crippen LogP contribution in [0.25, 0.3) is 0 Å². The van der Waals surface area contributed by atoms with Gasteiger partial charge in [0.15, 0.2) is 0 Å². The lowest BCUT2D eigenvalue weighted by atomic mass is 10.3. The molecular formula is C11H15NO4. The number of rotatable bonds is 5. The summed E-state index contributed by atoms with van der Waals surface area (Å²) < 4.78 is 9.67. The smallest absolute Gasteiger partial charge is 0.408 e. The highest BCUT2D eigenvalue weighted by molar-refractivity contribution is 5.67. The summed E-state index contributed by atoms with van der Waals surface area (Å²) in [5.74, 6) is 0.729. The number of ether oxygens (including phenoxy) is 2. The molecule has 1 atom stereocenters. The van der Waals surface area contributed by atoms with Gasteiger partial charge in [-0.15, -0.1) is 0 Å². The second kappa shape index (κ2) is 6.68. The van der Waals surface area contributed by atoms with E-state index in [4.69, 9.17) is 4.74 Å². The molecule has 0 spiro atoms. The lowest BCUT2D eigenvalue weighted by Crippen LogP contribution is -2.35. The molecule has 0 fully saturated rings. The molecule has 1 aromatic rings. The van der Waals surface area contributed by atoms with E-state index in [1.54, 1.807) is 0 Å². The molecule has 1 amide bonds. The average Bonchev–Trinajstić information content (AvgIpc) is 2.30. The number of aliphatic hydroxyl groups excluding tert-OH is 1. The number of hydrogen-bond acceptors (Lipinski definition) is 4. The van der Waals surface area contributed by atoms with E-state index in [0.29, 0.717) is 13.0 Å². The Labute approximate surface area is 94.0 Å². The normalized spacial score (nSPS) is 11.6. The van der Waals surface area contributed by atoms with Gasteiger partial charge in [0.05, 0.1) is 13.7 Å². The van der Waals surface area contributed by atoms with Gasteiger partial charge in [0.25, 0.3) is 0 Å². The molecule has 0 aliphatic carbocycles. The lowest BCUT2D eigenvalue weighted by molar-refractivity contribution is 0.0932. The average molecular weight is 225 g/mol. The van der Waals surface area contributed by atoms with Gasteiger partial charge in [0.1, 0.15) is 12.0 Å². The number of carbonyl (C=O) groups excluding carboxylic acids is 1. The zero-order valence-electron chi connectivity index (χ0n) is 9.05. The van der Waals surface area contributed by atoms with E-state index in [0.717, 1.165) is 5.75 Å². The maximum absolute atomic E-state index is 10.7. The molecule has 0 bridgehead atoms. The van der Waals surface area contributed by atoms with Gasteiger partial charge in [-0.25, -0.2) is 4.79 Å². The molecule has 0 aromatic heterocycles. The molecule has 0 heterocycles. The Bertz CT molecular complexity index is 315. The van der Waals surface area contributed by atoms with Crippen LogP contribution in [0.2, 0.25) is 0 Å². The third-order valence-corrected chi connectivity index (χ3v) is 1.87. The van der Waals surface area contributed by atoms with Crippen LogP contribution < -0.4 is 10.1 Å². The first-order valence-electron chi connectivity index (χ1n) is 4.93. The first-order chi connectivity index (χ1) is 7.72. The van der Waals surface area contributed by atoms with Crippen LogP contribution in [0.5, 0.6) is 5.75 Å². The minimum absolute atomic E-state index is 0.296. The summed E-state index contributed by atoms with van der Waals surface area (Å²) >= 11 is 0. The van der Waals surface area contributed by atoms with Crippen LogP contribution >= 0.6 is 0 Å². The summed E-state index contributed by atoms with van der Waals surface area (Å²) in [5, 5.41) is 11.6. The minimum Gasteiger partial charge on any atom is -0.493 e. The molecule has 2 N–H and O–H groups in total. The van der Waals surface area contributed by atoms with Gasteiger partial charge >= 0.3 is 6.09 Å². The molecule has 0 aliphatic heterocycles. The molecular weight excluding hydrogens is 210 g/mol. The van der Waals surface area contributed by atoms with E-state index in [-0.39, 0.29) is 0 Å². The van der Waals surface area contributed by atoms with E-state index in [9.17, 15) is 9.90 Å². The quantitative estimate of drug-likeness (QED) is 0.737. The van der Waals surface area contributed by atoms with Gasteiger partial charge in [0.2, 0.25) is 0 Å². The molecule has 1 unspecified atom stereocenters. The number of methoxy groups -OCH3 is 1. The molecule has 88 valence electrons. The highest BCUT2D eigenvalue weighted by atomic mass is 16.5. The molecule has 5 heteroatoms. The Morgan fingerprint density at radius 1 is 1.44 bits per heavy atom. The standard InChI is InChI=1S/C11H15NO4/c1-15-11(14)12-10(13)7-8-16-9-5-3-2-4-6-9/h2-6,10,13H,7-8H2,1H3,(H,12,14). The van der Waals surface area contributed by atoms with Crippen molar-refractivity contribution in [2.45, 2.75) is 12.6 Å². The molecule has 1 rings (SSSR count). The lowest BCUT2D eigenvalue weighted by Gasteiger charge is -2.12. The number of nitrogens with one attached hydrogen (secondary N) is 1. The van der Waals surface area contributed by atoms with Crippen LogP contribution in [0.3, 0.4) is 0 Å². The second-order valence-electron chi connectivity index (χ2n) is 3.10. The largest absolute Gasteiger partial charge is 0.493 e. The predicted molar refractivity (Wildman–Crippen MR) is 58.1 cm³/mol. The molecule has 0 radical (unpaired) electrons. The van der Waals surface area contributed by atoms with Crippen LogP contribution in [0.15, 0.2) is 30.3 Å². The second-order valence-corrected chi connectivity index (χ2v) is 3.10. The maximum atomic E-state index is 10.7. The Balaban J connectivity index is 2.18. The van der Waals surface area contributed by atoms with Crippen molar-refractivity contribution in [1.29, 1.82) is 0 Å². The Hall–Kier alpha value is -1.75. The van der Waals surface area contributed by atoms with Gasteiger partial charge in [-0.2, -0.15) is 0 Å². The predicted octanol–water partition coefficient (Wildman–Crippen LogP) is 1.13. The summed E-state index contributed by atoms with van der Waals surface area (Å²) in [6.07, 6.45) is -1.33. The minimum atomic E-state index is -0.962. The Kier molecular flexibility index (Phi) is 5.15. The fourth-order valence-corrected chi connectivity index (χ4v) is 1.07. The highest BCUT2D eigenvalue weighted by Gasteiger charge is 2.07. The number of hydrogen-bond donors (Lipinski definition) is 2. The topological polar surface area (TPSA) is 67.8 Å². The number of aliphatic hydroxyl groups is 1. The van der Waals surface area contributed by atoms with Crippen molar-refractivity contribution in [3.63, 3.8) is 0 Å². The van der Waals surface area contributed by atoms with Crippen molar-refractivity contribution in [3.8, 4) is 5.75 Å². The van der Waals surface area contributed by atoms with Crippen molar-refractivity contribution < 1.29 is 19.4 Å². The number of amides is 1. The summed E-state index contributed by atoms with van der Waals surface area (Å²) in [5.41, 5.74) is 0. The van der Waals surface area contributed by atoms with E-state index in [2.05, 4.69) is 10.1 Å². The van der Waals surface area contributed by atoms with Gasteiger partial charge in [-0.1, -0.05) is 18.2 Å². The third-order valence-electron chi connectivity index (χ3n) is 1.87. The molecule has 1 aromatic carbocycles. The van der Waals surface area contributed by atoms with E-state index in [1.807, 2.05) is 30.3 Å². The van der Waals surface area contributed by atoms with Gasteiger partial charge in [-0.05, 0) is 12.1 Å². The summed E-state index contributed by atoms with van der Waals surface area (Å²) in [7, 11) is 1.24. The molecule has 0 saturated carbocycles. The molecule has 0 saturated heterocycles. The van der Waals surface area contributed by atoms with Gasteiger partial charge in [0, 0.05) is 6.42 Å². The van der Waals surface area contributed by atoms with Crippen LogP contribution in [-0.2, 0) is 4.74 Å². The summed E-state index contributed by atoms with van der Waals surface area (Å²) in [6.45, 7) is 0.315. The maximum Gasteiger partial charge on any atom is 0.408 e. The van der Waals surface area contributed by atoms with Crippen LogP contribution in [0.1, 0.15) is 6.42 Å². The zero-order chi connectivity index (χ0) is 11.8. The monoisotopic (exact) mass is 225 g/mol. The number of para-hydroxylation sites is 1. The highest BCUT2D eigenvalue weighted by Crippen LogP contribution is 2.08. The summed E-state index contributed by atoms with van der Waals surface area (Å²) in [6, 6.07) is 9.25. The van der Waals surface area contributed by atoms with Gasteiger partial charge in [-0.3, -0.25) is 5.32 Å². The third kappa shape index (κ3) is 4.65.